The van der Waals surface area contributed by atoms with Crippen LogP contribution in [0, 0.1) is 0 Å². The van der Waals surface area contributed by atoms with Crippen LogP contribution in [0.2, 0.25) is 0 Å². The van der Waals surface area contributed by atoms with Crippen molar-refractivity contribution in [3.8, 4) is 0 Å². The maximum atomic E-state index is 5.46. The molecular weight excluding hydrogens is 236 g/mol. The molecule has 0 bridgehead atoms. The molecule has 1 aliphatic rings. The van der Waals surface area contributed by atoms with Crippen LogP contribution >= 0.6 is 23.5 Å². The number of rotatable bonds is 3. The van der Waals surface area contributed by atoms with Gasteiger partial charge in [-0.3, -0.25) is 0 Å². The Morgan fingerprint density at radius 1 is 1.44 bits per heavy atom. The number of hydrogen-bond acceptors (Lipinski definition) is 4. The zero-order valence-corrected chi connectivity index (χ0v) is 13.4. The van der Waals surface area contributed by atoms with E-state index in [9.17, 15) is 0 Å². The molecule has 4 heteroatoms. The summed E-state index contributed by atoms with van der Waals surface area (Å²) in [5, 5.41) is 4.85. The van der Waals surface area contributed by atoms with Gasteiger partial charge in [-0.25, -0.2) is 0 Å². The van der Waals surface area contributed by atoms with E-state index in [-0.39, 0.29) is 0 Å². The van der Waals surface area contributed by atoms with Crippen LogP contribution in [0.1, 0.15) is 41.5 Å². The van der Waals surface area contributed by atoms with Gasteiger partial charge in [0.1, 0.15) is 0 Å². The zero-order valence-electron chi connectivity index (χ0n) is 11.7. The normalized spacial score (nSPS) is 24.9. The SMILES string of the molecule is CC.CC1CNC(C)S1.CCSCC(C)N. The Morgan fingerprint density at radius 2 is 2.00 bits per heavy atom. The van der Waals surface area contributed by atoms with Gasteiger partial charge in [0.2, 0.25) is 0 Å². The van der Waals surface area contributed by atoms with Crippen LogP contribution in [-0.2, 0) is 0 Å². The smallest absolute Gasteiger partial charge is 0.0507 e. The molecule has 0 aliphatic carbocycles. The minimum atomic E-state index is 0.366. The quantitative estimate of drug-likeness (QED) is 0.823. The molecule has 0 amide bonds. The van der Waals surface area contributed by atoms with Gasteiger partial charge in [-0.05, 0) is 19.6 Å². The highest BCUT2D eigenvalue weighted by Crippen LogP contribution is 2.20. The van der Waals surface area contributed by atoms with E-state index < -0.39 is 0 Å². The Labute approximate surface area is 111 Å². The molecule has 0 spiro atoms. The van der Waals surface area contributed by atoms with Crippen molar-refractivity contribution in [3.05, 3.63) is 0 Å². The van der Waals surface area contributed by atoms with Crippen LogP contribution in [0.5, 0.6) is 0 Å². The molecule has 1 heterocycles. The van der Waals surface area contributed by atoms with E-state index in [4.69, 9.17) is 5.73 Å². The molecular formula is C12H30N2S2. The molecule has 3 unspecified atom stereocenters. The Morgan fingerprint density at radius 3 is 2.12 bits per heavy atom. The summed E-state index contributed by atoms with van der Waals surface area (Å²) in [4.78, 5) is 0. The van der Waals surface area contributed by atoms with Gasteiger partial charge < -0.3 is 11.1 Å². The third-order valence-electron chi connectivity index (χ3n) is 1.71. The summed E-state index contributed by atoms with van der Waals surface area (Å²) < 4.78 is 0. The molecule has 0 saturated carbocycles. The Kier molecular flexibility index (Phi) is 16.2. The van der Waals surface area contributed by atoms with Crippen molar-refractivity contribution in [2.45, 2.75) is 58.2 Å². The first kappa shape index (κ1) is 19.0. The van der Waals surface area contributed by atoms with Crippen LogP contribution in [0.3, 0.4) is 0 Å². The number of nitrogens with two attached hydrogens (primary N) is 1. The van der Waals surface area contributed by atoms with Crippen LogP contribution in [0.15, 0.2) is 0 Å². The lowest BCUT2D eigenvalue weighted by atomic mass is 10.4. The predicted octanol–water partition coefficient (Wildman–Crippen LogP) is 3.17. The van der Waals surface area contributed by atoms with E-state index in [1.54, 1.807) is 0 Å². The fourth-order valence-corrected chi connectivity index (χ4v) is 2.77. The Balaban J connectivity index is 0. The van der Waals surface area contributed by atoms with E-state index in [0.29, 0.717) is 11.4 Å². The van der Waals surface area contributed by atoms with Gasteiger partial charge in [0.15, 0.2) is 0 Å². The molecule has 0 aromatic heterocycles. The second-order valence-corrected chi connectivity index (χ2v) is 6.74. The summed E-state index contributed by atoms with van der Waals surface area (Å²) in [7, 11) is 0. The first-order valence-corrected chi connectivity index (χ1v) is 8.38. The van der Waals surface area contributed by atoms with Gasteiger partial charge in [-0.15, -0.1) is 11.8 Å². The highest BCUT2D eigenvalue weighted by molar-refractivity contribution is 8.00. The summed E-state index contributed by atoms with van der Waals surface area (Å²) in [5.74, 6) is 2.28. The predicted molar refractivity (Wildman–Crippen MR) is 82.5 cm³/mol. The van der Waals surface area contributed by atoms with Gasteiger partial charge >= 0.3 is 0 Å². The van der Waals surface area contributed by atoms with E-state index in [0.717, 1.165) is 11.0 Å². The summed E-state index contributed by atoms with van der Waals surface area (Å²) in [6.45, 7) is 13.8. The van der Waals surface area contributed by atoms with Gasteiger partial charge in [0, 0.05) is 23.6 Å². The second kappa shape index (κ2) is 13.7. The molecule has 1 fully saturated rings. The number of nitrogens with one attached hydrogen (secondary N) is 1. The monoisotopic (exact) mass is 266 g/mol. The lowest BCUT2D eigenvalue weighted by Crippen LogP contribution is -2.17. The summed E-state index contributed by atoms with van der Waals surface area (Å²) in [6, 6.07) is 0.366. The highest BCUT2D eigenvalue weighted by atomic mass is 32.2. The van der Waals surface area contributed by atoms with Gasteiger partial charge in [-0.2, -0.15) is 11.8 Å². The maximum absolute atomic E-state index is 5.46. The largest absolute Gasteiger partial charge is 0.327 e. The third kappa shape index (κ3) is 14.6. The minimum absolute atomic E-state index is 0.366. The topological polar surface area (TPSA) is 38.0 Å². The minimum Gasteiger partial charge on any atom is -0.327 e. The molecule has 1 rings (SSSR count). The standard InChI is InChI=1S/C5H11NS.C5H13NS.C2H6/c1-4-3-6-5(2)7-4;1-3-7-4-5(2)6;1-2/h4-6H,3H2,1-2H3;5H,3-4,6H2,1-2H3;1-2H3. The molecule has 0 aromatic rings. The Bertz CT molecular complexity index is 124. The lowest BCUT2D eigenvalue weighted by molar-refractivity contribution is 0.726. The molecule has 0 aromatic carbocycles. The van der Waals surface area contributed by atoms with Crippen molar-refractivity contribution in [3.63, 3.8) is 0 Å². The van der Waals surface area contributed by atoms with Crippen molar-refractivity contribution >= 4 is 23.5 Å². The van der Waals surface area contributed by atoms with Crippen LogP contribution in [0.25, 0.3) is 0 Å². The van der Waals surface area contributed by atoms with Crippen LogP contribution in [0.4, 0.5) is 0 Å². The van der Waals surface area contributed by atoms with Crippen molar-refractivity contribution in [1.29, 1.82) is 0 Å². The molecule has 3 N–H and O–H groups in total. The lowest BCUT2D eigenvalue weighted by Gasteiger charge is -1.99. The van der Waals surface area contributed by atoms with Crippen molar-refractivity contribution in [2.75, 3.05) is 18.1 Å². The molecule has 1 saturated heterocycles. The fraction of sp³-hybridized carbons (Fsp3) is 1.00. The summed E-state index contributed by atoms with van der Waals surface area (Å²) in [6.07, 6.45) is 0. The highest BCUT2D eigenvalue weighted by Gasteiger charge is 2.15. The zero-order chi connectivity index (χ0) is 13.0. The van der Waals surface area contributed by atoms with Crippen molar-refractivity contribution in [2.24, 2.45) is 5.73 Å². The molecule has 3 atom stereocenters. The Hall–Kier alpha value is 0.620. The number of hydrogen-bond donors (Lipinski definition) is 2. The first-order chi connectivity index (χ1) is 7.56. The molecule has 100 valence electrons. The summed E-state index contributed by atoms with van der Waals surface area (Å²) in [5.41, 5.74) is 5.46. The van der Waals surface area contributed by atoms with Crippen molar-refractivity contribution in [1.82, 2.24) is 5.32 Å². The number of thioether (sulfide) groups is 2. The third-order valence-corrected chi connectivity index (χ3v) is 4.09. The van der Waals surface area contributed by atoms with E-state index >= 15 is 0 Å². The van der Waals surface area contributed by atoms with E-state index in [1.807, 2.05) is 44.3 Å². The summed E-state index contributed by atoms with van der Waals surface area (Å²) >= 11 is 3.90. The molecule has 2 nitrogen and oxygen atoms in total. The molecule has 0 radical (unpaired) electrons. The fourth-order valence-electron chi connectivity index (χ4n) is 1.08. The first-order valence-electron chi connectivity index (χ1n) is 6.28. The maximum Gasteiger partial charge on any atom is 0.0507 e. The van der Waals surface area contributed by atoms with Gasteiger partial charge in [-0.1, -0.05) is 27.7 Å². The average molecular weight is 267 g/mol. The van der Waals surface area contributed by atoms with E-state index in [1.165, 1.54) is 12.3 Å². The van der Waals surface area contributed by atoms with Crippen molar-refractivity contribution < 1.29 is 0 Å². The van der Waals surface area contributed by atoms with E-state index in [2.05, 4.69) is 26.1 Å². The molecule has 1 aliphatic heterocycles. The van der Waals surface area contributed by atoms with Gasteiger partial charge in [0.05, 0.1) is 5.37 Å². The average Bonchev–Trinajstić information content (AvgIpc) is 2.63. The van der Waals surface area contributed by atoms with Crippen LogP contribution in [-0.4, -0.2) is 34.7 Å². The molecule has 16 heavy (non-hydrogen) atoms. The second-order valence-electron chi connectivity index (χ2n) is 3.63. The van der Waals surface area contributed by atoms with Crippen LogP contribution < -0.4 is 11.1 Å². The van der Waals surface area contributed by atoms with Gasteiger partial charge in [0.25, 0.3) is 0 Å².